The molecule has 32 heavy (non-hydrogen) atoms. The second-order valence-electron chi connectivity index (χ2n) is 7.26. The molecular weight excluding hydrogens is 422 g/mol. The number of hydrogen-bond donors (Lipinski definition) is 2. The highest BCUT2D eigenvalue weighted by atomic mass is 19.3. The van der Waals surface area contributed by atoms with Crippen molar-refractivity contribution in [1.29, 1.82) is 0 Å². The molecule has 1 saturated heterocycles. The monoisotopic (exact) mass is 442 g/mol. The highest BCUT2D eigenvalue weighted by Gasteiger charge is 2.23. The fourth-order valence-electron chi connectivity index (χ4n) is 3.56. The highest BCUT2D eigenvalue weighted by molar-refractivity contribution is 5.85. The van der Waals surface area contributed by atoms with Crippen LogP contribution in [0, 0.1) is 0 Å². The van der Waals surface area contributed by atoms with E-state index in [1.54, 1.807) is 22.9 Å². The van der Waals surface area contributed by atoms with Gasteiger partial charge in [0.2, 0.25) is 5.95 Å². The molecule has 0 radical (unpaired) electrons. The molecule has 166 valence electrons. The Morgan fingerprint density at radius 1 is 1.06 bits per heavy atom. The second kappa shape index (κ2) is 8.00. The van der Waals surface area contributed by atoms with Gasteiger partial charge >= 0.3 is 6.55 Å². The lowest BCUT2D eigenvalue weighted by molar-refractivity contribution is 0.0566. The van der Waals surface area contributed by atoms with Crippen molar-refractivity contribution in [3.8, 4) is 5.69 Å². The van der Waals surface area contributed by atoms with E-state index in [-0.39, 0.29) is 5.82 Å². The number of nitrogens with two attached hydrogens (primary N) is 2. The number of ether oxygens (including phenoxy) is 1. The maximum absolute atomic E-state index is 13.2. The van der Waals surface area contributed by atoms with E-state index in [9.17, 15) is 8.78 Å². The number of nitrogen functional groups attached to an aromatic ring is 2. The third-order valence-corrected chi connectivity index (χ3v) is 5.12. The number of anilines is 3. The summed E-state index contributed by atoms with van der Waals surface area (Å²) in [6.45, 7) is -0.440. The van der Waals surface area contributed by atoms with Crippen molar-refractivity contribution >= 4 is 28.6 Å². The van der Waals surface area contributed by atoms with Crippen LogP contribution in [-0.4, -0.2) is 60.6 Å². The quantitative estimate of drug-likeness (QED) is 0.469. The van der Waals surface area contributed by atoms with Gasteiger partial charge in [0, 0.05) is 25.2 Å². The molecule has 0 aromatic carbocycles. The first-order valence-electron chi connectivity index (χ1n) is 9.90. The van der Waals surface area contributed by atoms with Gasteiger partial charge in [-0.2, -0.15) is 23.8 Å². The Kier molecular flexibility index (Phi) is 5.01. The third-order valence-electron chi connectivity index (χ3n) is 5.12. The summed E-state index contributed by atoms with van der Waals surface area (Å²) in [5, 5.41) is 3.76. The molecule has 0 amide bonds. The van der Waals surface area contributed by atoms with Crippen molar-refractivity contribution in [2.75, 3.05) is 42.7 Å². The molecule has 1 fully saturated rings. The van der Waals surface area contributed by atoms with Crippen molar-refractivity contribution in [3.63, 3.8) is 0 Å². The van der Waals surface area contributed by atoms with E-state index >= 15 is 0 Å². The number of pyridine rings is 1. The van der Waals surface area contributed by atoms with Gasteiger partial charge in [-0.3, -0.25) is 9.55 Å². The van der Waals surface area contributed by atoms with Gasteiger partial charge in [0.25, 0.3) is 0 Å². The molecule has 13 heteroatoms. The van der Waals surface area contributed by atoms with Crippen molar-refractivity contribution in [1.82, 2.24) is 34.3 Å². The van der Waals surface area contributed by atoms with Crippen molar-refractivity contribution in [3.05, 3.63) is 42.2 Å². The van der Waals surface area contributed by atoms with E-state index < -0.39 is 6.55 Å². The smallest absolute Gasteiger partial charge is 0.333 e. The first-order valence-corrected chi connectivity index (χ1v) is 9.90. The summed E-state index contributed by atoms with van der Waals surface area (Å²) in [5.74, 6) is 1.13. The summed E-state index contributed by atoms with van der Waals surface area (Å²) >= 11 is 0. The number of alkyl halides is 2. The average molecular weight is 442 g/mol. The highest BCUT2D eigenvalue weighted by Crippen LogP contribution is 2.27. The predicted octanol–water partition coefficient (Wildman–Crippen LogP) is 1.39. The van der Waals surface area contributed by atoms with Gasteiger partial charge in [-0.15, -0.1) is 0 Å². The van der Waals surface area contributed by atoms with E-state index in [4.69, 9.17) is 16.2 Å². The summed E-state index contributed by atoms with van der Waals surface area (Å²) < 4.78 is 34.0. The minimum atomic E-state index is -2.77. The standard InChI is InChI=1S/C19H20F2N10O/c20-18(21)30-10-13(9-25-30)31-14(7-12-2-1-11(22)8-24-12)26-15-16(23)27-19(28-17(15)31)29-3-5-32-6-4-29/h1-2,8-10,18H,3-7,22H2,(H2,23,27,28). The summed E-state index contributed by atoms with van der Waals surface area (Å²) in [4.78, 5) is 20.0. The summed E-state index contributed by atoms with van der Waals surface area (Å²) in [5.41, 5.74) is 14.3. The van der Waals surface area contributed by atoms with Crippen molar-refractivity contribution < 1.29 is 13.5 Å². The molecule has 0 aliphatic carbocycles. The maximum atomic E-state index is 13.2. The van der Waals surface area contributed by atoms with Gasteiger partial charge in [0.1, 0.15) is 5.82 Å². The van der Waals surface area contributed by atoms with E-state index in [1.165, 1.54) is 12.4 Å². The van der Waals surface area contributed by atoms with Crippen LogP contribution in [0.15, 0.2) is 30.7 Å². The van der Waals surface area contributed by atoms with Gasteiger partial charge in [-0.1, -0.05) is 0 Å². The minimum Gasteiger partial charge on any atom is -0.397 e. The lowest BCUT2D eigenvalue weighted by Crippen LogP contribution is -2.37. The lowest BCUT2D eigenvalue weighted by atomic mass is 10.2. The Morgan fingerprint density at radius 2 is 1.88 bits per heavy atom. The van der Waals surface area contributed by atoms with Gasteiger partial charge in [-0.05, 0) is 12.1 Å². The number of rotatable bonds is 5. The molecule has 0 bridgehead atoms. The minimum absolute atomic E-state index is 0.197. The van der Waals surface area contributed by atoms with Gasteiger partial charge < -0.3 is 21.1 Å². The van der Waals surface area contributed by atoms with E-state index in [0.717, 1.165) is 0 Å². The molecule has 4 aromatic heterocycles. The molecule has 0 unspecified atom stereocenters. The molecule has 0 spiro atoms. The Hall–Kier alpha value is -3.87. The first-order chi connectivity index (χ1) is 15.5. The summed E-state index contributed by atoms with van der Waals surface area (Å²) in [7, 11) is 0. The Balaban J connectivity index is 1.66. The predicted molar refractivity (Wildman–Crippen MR) is 113 cm³/mol. The summed E-state index contributed by atoms with van der Waals surface area (Å²) in [6.07, 6.45) is 4.41. The average Bonchev–Trinajstić information content (AvgIpc) is 3.41. The topological polar surface area (TPSA) is 139 Å². The zero-order chi connectivity index (χ0) is 22.2. The van der Waals surface area contributed by atoms with Crippen LogP contribution < -0.4 is 16.4 Å². The third kappa shape index (κ3) is 3.66. The first kappa shape index (κ1) is 20.1. The van der Waals surface area contributed by atoms with Crippen LogP contribution in [0.2, 0.25) is 0 Å². The van der Waals surface area contributed by atoms with E-state index in [1.807, 2.05) is 4.90 Å². The number of halogens is 2. The van der Waals surface area contributed by atoms with Crippen LogP contribution in [0.1, 0.15) is 18.1 Å². The zero-order valence-electron chi connectivity index (χ0n) is 16.9. The Bertz CT molecular complexity index is 1250. The number of imidazole rings is 1. The maximum Gasteiger partial charge on any atom is 0.333 e. The SMILES string of the molecule is Nc1ccc(Cc2nc3c(N)nc(N4CCOCC4)nc3n2-c2cnn(C(F)F)c2)nc1. The van der Waals surface area contributed by atoms with E-state index in [2.05, 4.69) is 25.0 Å². The van der Waals surface area contributed by atoms with Crippen molar-refractivity contribution in [2.24, 2.45) is 0 Å². The fraction of sp³-hybridized carbons (Fsp3) is 0.316. The Morgan fingerprint density at radius 3 is 2.56 bits per heavy atom. The van der Waals surface area contributed by atoms with E-state index in [0.29, 0.717) is 77.4 Å². The fourth-order valence-corrected chi connectivity index (χ4v) is 3.56. The van der Waals surface area contributed by atoms with Crippen LogP contribution >= 0.6 is 0 Å². The van der Waals surface area contributed by atoms with Crippen LogP contribution in [-0.2, 0) is 11.2 Å². The summed E-state index contributed by atoms with van der Waals surface area (Å²) in [6, 6.07) is 3.50. The normalized spacial score (nSPS) is 14.5. The molecule has 11 nitrogen and oxygen atoms in total. The number of fused-ring (bicyclic) bond motifs is 1. The van der Waals surface area contributed by atoms with Gasteiger partial charge in [0.15, 0.2) is 17.0 Å². The molecule has 5 rings (SSSR count). The zero-order valence-corrected chi connectivity index (χ0v) is 16.9. The molecular formula is C19H20F2N10O. The molecule has 0 atom stereocenters. The van der Waals surface area contributed by atoms with Gasteiger partial charge in [0.05, 0.1) is 43.2 Å². The van der Waals surface area contributed by atoms with Gasteiger partial charge in [-0.25, -0.2) is 9.67 Å². The molecule has 1 aliphatic heterocycles. The van der Waals surface area contributed by atoms with Crippen LogP contribution in [0.4, 0.5) is 26.2 Å². The lowest BCUT2D eigenvalue weighted by Gasteiger charge is -2.26. The molecule has 4 N–H and O–H groups in total. The largest absolute Gasteiger partial charge is 0.397 e. The number of morpholine rings is 1. The van der Waals surface area contributed by atoms with Crippen LogP contribution in [0.5, 0.6) is 0 Å². The molecule has 1 aliphatic rings. The Labute approximate surface area is 180 Å². The molecule has 5 heterocycles. The van der Waals surface area contributed by atoms with Crippen LogP contribution in [0.3, 0.4) is 0 Å². The van der Waals surface area contributed by atoms with Crippen molar-refractivity contribution in [2.45, 2.75) is 13.0 Å². The van der Waals surface area contributed by atoms with Crippen LogP contribution in [0.25, 0.3) is 16.9 Å². The number of hydrogen-bond acceptors (Lipinski definition) is 9. The number of nitrogens with zero attached hydrogens (tertiary/aromatic N) is 8. The molecule has 0 saturated carbocycles. The number of aromatic nitrogens is 7. The molecule has 4 aromatic rings. The second-order valence-corrected chi connectivity index (χ2v) is 7.26.